The first-order valence-corrected chi connectivity index (χ1v) is 7.78. The standard InChI is InChI=1S/C13H21FN2O2S/c1-4-9(2)8-16-19(17,18)12-5-10(3)13(14)11(6-12)7-15/h5-6,9,16H,4,7-8,15H2,1-3H3. The van der Waals surface area contributed by atoms with Crippen LogP contribution in [0.4, 0.5) is 4.39 Å². The molecule has 4 nitrogen and oxygen atoms in total. The summed E-state index contributed by atoms with van der Waals surface area (Å²) in [4.78, 5) is 0.0650. The van der Waals surface area contributed by atoms with Crippen LogP contribution in [0, 0.1) is 18.7 Å². The number of hydrogen-bond acceptors (Lipinski definition) is 3. The molecule has 0 saturated heterocycles. The molecule has 1 rings (SSSR count). The number of benzene rings is 1. The van der Waals surface area contributed by atoms with E-state index >= 15 is 0 Å². The predicted molar refractivity (Wildman–Crippen MR) is 73.7 cm³/mol. The number of halogens is 1. The van der Waals surface area contributed by atoms with Gasteiger partial charge in [0, 0.05) is 18.7 Å². The van der Waals surface area contributed by atoms with Gasteiger partial charge in [-0.3, -0.25) is 0 Å². The Kier molecular flexibility index (Phi) is 5.46. The highest BCUT2D eigenvalue weighted by molar-refractivity contribution is 7.89. The van der Waals surface area contributed by atoms with Gasteiger partial charge in [-0.05, 0) is 30.5 Å². The first-order valence-electron chi connectivity index (χ1n) is 6.30. The SMILES string of the molecule is CCC(C)CNS(=O)(=O)c1cc(C)c(F)c(CN)c1. The summed E-state index contributed by atoms with van der Waals surface area (Å²) in [7, 11) is -3.61. The van der Waals surface area contributed by atoms with Crippen LogP contribution in [-0.4, -0.2) is 15.0 Å². The molecule has 0 aliphatic heterocycles. The summed E-state index contributed by atoms with van der Waals surface area (Å²) >= 11 is 0. The molecule has 0 aliphatic rings. The van der Waals surface area contributed by atoms with E-state index in [1.807, 2.05) is 13.8 Å². The molecular weight excluding hydrogens is 267 g/mol. The van der Waals surface area contributed by atoms with E-state index in [0.717, 1.165) is 6.42 Å². The molecular formula is C13H21FN2O2S. The lowest BCUT2D eigenvalue weighted by Gasteiger charge is -2.13. The Morgan fingerprint density at radius 1 is 1.42 bits per heavy atom. The maximum atomic E-state index is 13.6. The van der Waals surface area contributed by atoms with Crippen molar-refractivity contribution in [2.45, 2.75) is 38.6 Å². The van der Waals surface area contributed by atoms with Crippen molar-refractivity contribution >= 4 is 10.0 Å². The molecule has 0 spiro atoms. The largest absolute Gasteiger partial charge is 0.326 e. The third kappa shape index (κ3) is 3.99. The Morgan fingerprint density at radius 2 is 2.05 bits per heavy atom. The fourth-order valence-corrected chi connectivity index (χ4v) is 2.89. The molecule has 1 aromatic rings. The van der Waals surface area contributed by atoms with Gasteiger partial charge in [-0.15, -0.1) is 0 Å². The van der Waals surface area contributed by atoms with Gasteiger partial charge in [-0.25, -0.2) is 17.5 Å². The van der Waals surface area contributed by atoms with Gasteiger partial charge in [0.1, 0.15) is 5.82 Å². The van der Waals surface area contributed by atoms with Crippen LogP contribution in [0.2, 0.25) is 0 Å². The van der Waals surface area contributed by atoms with Crippen LogP contribution >= 0.6 is 0 Å². The topological polar surface area (TPSA) is 72.2 Å². The molecule has 0 amide bonds. The average Bonchev–Trinajstić information content (AvgIpc) is 2.38. The lowest BCUT2D eigenvalue weighted by atomic mass is 10.1. The van der Waals surface area contributed by atoms with Gasteiger partial charge < -0.3 is 5.73 Å². The Bertz CT molecular complexity index is 544. The van der Waals surface area contributed by atoms with Gasteiger partial charge in [0.2, 0.25) is 10.0 Å². The number of nitrogens with one attached hydrogen (secondary N) is 1. The monoisotopic (exact) mass is 288 g/mol. The van der Waals surface area contributed by atoms with E-state index in [-0.39, 0.29) is 28.5 Å². The molecule has 0 aliphatic carbocycles. The highest BCUT2D eigenvalue weighted by Gasteiger charge is 2.18. The van der Waals surface area contributed by atoms with Crippen molar-refractivity contribution in [3.8, 4) is 0 Å². The minimum absolute atomic E-state index is 0.0264. The normalized spacial score (nSPS) is 13.5. The van der Waals surface area contributed by atoms with E-state index in [2.05, 4.69) is 4.72 Å². The van der Waals surface area contributed by atoms with Crippen LogP contribution < -0.4 is 10.5 Å². The predicted octanol–water partition coefficient (Wildman–Crippen LogP) is 1.92. The third-order valence-corrected chi connectivity index (χ3v) is 4.56. The number of hydrogen-bond donors (Lipinski definition) is 2. The summed E-state index contributed by atoms with van der Waals surface area (Å²) in [6.45, 7) is 5.83. The van der Waals surface area contributed by atoms with Crippen molar-refractivity contribution in [3.63, 3.8) is 0 Å². The molecule has 1 unspecified atom stereocenters. The first kappa shape index (κ1) is 16.1. The second kappa shape index (κ2) is 6.45. The van der Waals surface area contributed by atoms with E-state index in [1.54, 1.807) is 0 Å². The summed E-state index contributed by atoms with van der Waals surface area (Å²) in [5, 5.41) is 0. The number of rotatable bonds is 6. The Balaban J connectivity index is 3.05. The van der Waals surface area contributed by atoms with E-state index in [0.29, 0.717) is 6.54 Å². The highest BCUT2D eigenvalue weighted by Crippen LogP contribution is 2.19. The van der Waals surface area contributed by atoms with Gasteiger partial charge in [0.25, 0.3) is 0 Å². The quantitative estimate of drug-likeness (QED) is 0.840. The first-order chi connectivity index (χ1) is 8.81. The fourth-order valence-electron chi connectivity index (χ4n) is 1.59. The maximum absolute atomic E-state index is 13.6. The number of aryl methyl sites for hydroxylation is 1. The molecule has 0 heterocycles. The average molecular weight is 288 g/mol. The molecule has 1 aromatic carbocycles. The van der Waals surface area contributed by atoms with Crippen LogP contribution in [0.25, 0.3) is 0 Å². The summed E-state index contributed by atoms with van der Waals surface area (Å²) in [5.41, 5.74) is 5.92. The van der Waals surface area contributed by atoms with Gasteiger partial charge in [-0.1, -0.05) is 20.3 Å². The zero-order valence-corrected chi connectivity index (χ0v) is 12.3. The number of sulfonamides is 1. The molecule has 0 fully saturated rings. The molecule has 108 valence electrons. The Hall–Kier alpha value is -0.980. The van der Waals surface area contributed by atoms with Gasteiger partial charge in [0.15, 0.2) is 0 Å². The van der Waals surface area contributed by atoms with Crippen molar-refractivity contribution in [2.75, 3.05) is 6.54 Å². The number of nitrogens with two attached hydrogens (primary N) is 1. The molecule has 0 saturated carbocycles. The van der Waals surface area contributed by atoms with Crippen molar-refractivity contribution in [1.82, 2.24) is 4.72 Å². The molecule has 3 N–H and O–H groups in total. The van der Waals surface area contributed by atoms with Crippen LogP contribution in [0.3, 0.4) is 0 Å². The molecule has 0 bridgehead atoms. The fraction of sp³-hybridized carbons (Fsp3) is 0.538. The molecule has 19 heavy (non-hydrogen) atoms. The maximum Gasteiger partial charge on any atom is 0.240 e. The minimum atomic E-state index is -3.61. The molecule has 0 radical (unpaired) electrons. The van der Waals surface area contributed by atoms with Crippen LogP contribution in [0.1, 0.15) is 31.4 Å². The van der Waals surface area contributed by atoms with E-state index in [9.17, 15) is 12.8 Å². The summed E-state index contributed by atoms with van der Waals surface area (Å²) in [6, 6.07) is 2.62. The van der Waals surface area contributed by atoms with Crippen molar-refractivity contribution < 1.29 is 12.8 Å². The second-order valence-corrected chi connectivity index (χ2v) is 6.55. The van der Waals surface area contributed by atoms with Crippen LogP contribution in [0.15, 0.2) is 17.0 Å². The zero-order valence-electron chi connectivity index (χ0n) is 11.5. The lowest BCUT2D eigenvalue weighted by molar-refractivity contribution is 0.528. The summed E-state index contributed by atoms with van der Waals surface area (Å²) in [6.07, 6.45) is 0.888. The third-order valence-electron chi connectivity index (χ3n) is 3.15. The molecule has 1 atom stereocenters. The van der Waals surface area contributed by atoms with Gasteiger partial charge >= 0.3 is 0 Å². The smallest absolute Gasteiger partial charge is 0.240 e. The summed E-state index contributed by atoms with van der Waals surface area (Å²) < 4.78 is 40.4. The van der Waals surface area contributed by atoms with Crippen molar-refractivity contribution in [2.24, 2.45) is 11.7 Å². The highest BCUT2D eigenvalue weighted by atomic mass is 32.2. The Morgan fingerprint density at radius 3 is 2.58 bits per heavy atom. The van der Waals surface area contributed by atoms with Gasteiger partial charge in [-0.2, -0.15) is 0 Å². The zero-order chi connectivity index (χ0) is 14.6. The second-order valence-electron chi connectivity index (χ2n) is 4.78. The van der Waals surface area contributed by atoms with E-state index < -0.39 is 15.8 Å². The van der Waals surface area contributed by atoms with E-state index in [4.69, 9.17) is 5.73 Å². The molecule has 6 heteroatoms. The van der Waals surface area contributed by atoms with Crippen LogP contribution in [0.5, 0.6) is 0 Å². The Labute approximate surface area is 114 Å². The van der Waals surface area contributed by atoms with E-state index in [1.165, 1.54) is 19.1 Å². The van der Waals surface area contributed by atoms with Crippen molar-refractivity contribution in [3.05, 3.63) is 29.1 Å². The van der Waals surface area contributed by atoms with Crippen LogP contribution in [-0.2, 0) is 16.6 Å². The molecule has 0 aromatic heterocycles. The van der Waals surface area contributed by atoms with Gasteiger partial charge in [0.05, 0.1) is 4.90 Å². The summed E-state index contributed by atoms with van der Waals surface area (Å²) in [5.74, 6) is -0.186. The lowest BCUT2D eigenvalue weighted by Crippen LogP contribution is -2.28. The van der Waals surface area contributed by atoms with Crippen molar-refractivity contribution in [1.29, 1.82) is 0 Å². The minimum Gasteiger partial charge on any atom is -0.326 e.